The second kappa shape index (κ2) is 5.54. The van der Waals surface area contributed by atoms with E-state index in [1.807, 2.05) is 13.8 Å². The lowest BCUT2D eigenvalue weighted by Gasteiger charge is -2.08. The highest BCUT2D eigenvalue weighted by molar-refractivity contribution is 6.31. The Bertz CT molecular complexity index is 743. The fraction of sp³-hybridized carbons (Fsp3) is 0.417. The van der Waals surface area contributed by atoms with E-state index in [-0.39, 0.29) is 12.2 Å². The number of aromatic nitrogens is 4. The Morgan fingerprint density at radius 1 is 1.40 bits per heavy atom. The lowest BCUT2D eigenvalue weighted by Crippen LogP contribution is -2.31. The first-order valence-electron chi connectivity index (χ1n) is 6.31. The van der Waals surface area contributed by atoms with Crippen molar-refractivity contribution in [2.45, 2.75) is 33.4 Å². The normalized spacial score (nSPS) is 10.9. The number of aromatic amines is 1. The molecular weight excluding hydrogens is 282 g/mol. The summed E-state index contributed by atoms with van der Waals surface area (Å²) in [5.41, 5.74) is 5.90. The number of hydrogen-bond donors (Lipinski definition) is 2. The maximum atomic E-state index is 11.8. The first kappa shape index (κ1) is 14.4. The minimum absolute atomic E-state index is 0.0148. The molecule has 0 aliphatic rings. The summed E-state index contributed by atoms with van der Waals surface area (Å²) in [6, 6.07) is 0. The van der Waals surface area contributed by atoms with Crippen LogP contribution in [-0.2, 0) is 19.5 Å². The Morgan fingerprint density at radius 3 is 2.70 bits per heavy atom. The molecule has 0 aromatic carbocycles. The van der Waals surface area contributed by atoms with Gasteiger partial charge in [-0.1, -0.05) is 18.5 Å². The third-order valence-electron chi connectivity index (χ3n) is 3.05. The van der Waals surface area contributed by atoms with Crippen molar-refractivity contribution in [3.05, 3.63) is 43.4 Å². The zero-order chi connectivity index (χ0) is 14.9. The predicted octanol–water partition coefficient (Wildman–Crippen LogP) is 0.599. The smallest absolute Gasteiger partial charge is 0.328 e. The van der Waals surface area contributed by atoms with Crippen LogP contribution in [0.5, 0.6) is 0 Å². The lowest BCUT2D eigenvalue weighted by molar-refractivity contribution is 0.585. The molecule has 0 unspecified atom stereocenters. The molecule has 2 rings (SSSR count). The van der Waals surface area contributed by atoms with Gasteiger partial charge in [0.05, 0.1) is 23.0 Å². The molecule has 7 nitrogen and oxygen atoms in total. The number of halogens is 1. The number of nitrogen functional groups attached to an aromatic ring is 1. The number of hydrogen-bond acceptors (Lipinski definition) is 4. The molecule has 0 aliphatic carbocycles. The van der Waals surface area contributed by atoms with E-state index in [4.69, 9.17) is 17.3 Å². The van der Waals surface area contributed by atoms with Crippen LogP contribution in [0.15, 0.2) is 15.8 Å². The summed E-state index contributed by atoms with van der Waals surface area (Å²) in [7, 11) is 0. The van der Waals surface area contributed by atoms with Crippen LogP contribution in [0.2, 0.25) is 5.02 Å². The topological polar surface area (TPSA) is 98.7 Å². The summed E-state index contributed by atoms with van der Waals surface area (Å²) in [5, 5.41) is 4.93. The molecule has 20 heavy (non-hydrogen) atoms. The standard InChI is InChI=1S/C12H16ClN5O2/c1-3-8-10(13)9(18(4-2)16-8)6-17-5-7(14)11(19)15-12(17)20/h5H,3-4,6,14H2,1-2H3,(H,15,19,20). The first-order chi connectivity index (χ1) is 9.47. The van der Waals surface area contributed by atoms with Gasteiger partial charge in [0, 0.05) is 12.7 Å². The van der Waals surface area contributed by atoms with E-state index in [0.717, 1.165) is 11.4 Å². The third kappa shape index (κ3) is 2.49. The monoisotopic (exact) mass is 297 g/mol. The number of rotatable bonds is 4. The molecule has 0 saturated heterocycles. The van der Waals surface area contributed by atoms with E-state index < -0.39 is 11.2 Å². The van der Waals surface area contributed by atoms with Crippen LogP contribution in [0.3, 0.4) is 0 Å². The molecule has 0 radical (unpaired) electrons. The van der Waals surface area contributed by atoms with Crippen molar-refractivity contribution in [2.24, 2.45) is 0 Å². The molecule has 0 bridgehead atoms. The number of nitrogens with one attached hydrogen (secondary N) is 1. The Kier molecular flexibility index (Phi) is 3.99. The molecular formula is C12H16ClN5O2. The fourth-order valence-electron chi connectivity index (χ4n) is 1.97. The molecule has 0 fully saturated rings. The summed E-state index contributed by atoms with van der Waals surface area (Å²) in [4.78, 5) is 25.2. The van der Waals surface area contributed by atoms with E-state index in [2.05, 4.69) is 10.1 Å². The largest absolute Gasteiger partial charge is 0.393 e. The number of nitrogens with zero attached hydrogens (tertiary/aromatic N) is 3. The van der Waals surface area contributed by atoms with Crippen LogP contribution >= 0.6 is 11.6 Å². The summed E-state index contributed by atoms with van der Waals surface area (Å²) in [6.07, 6.45) is 2.03. The second-order valence-electron chi connectivity index (χ2n) is 4.35. The van der Waals surface area contributed by atoms with Gasteiger partial charge in [-0.2, -0.15) is 5.10 Å². The van der Waals surface area contributed by atoms with Crippen molar-refractivity contribution < 1.29 is 0 Å². The lowest BCUT2D eigenvalue weighted by atomic mass is 10.3. The number of anilines is 1. The van der Waals surface area contributed by atoms with Crippen LogP contribution in [0, 0.1) is 0 Å². The summed E-state index contributed by atoms with van der Waals surface area (Å²) in [6.45, 7) is 4.75. The van der Waals surface area contributed by atoms with Crippen molar-refractivity contribution >= 4 is 17.3 Å². The maximum Gasteiger partial charge on any atom is 0.328 e. The highest BCUT2D eigenvalue weighted by Gasteiger charge is 2.15. The Labute approximate surface area is 120 Å². The van der Waals surface area contributed by atoms with Gasteiger partial charge in [0.15, 0.2) is 0 Å². The van der Waals surface area contributed by atoms with Gasteiger partial charge in [-0.25, -0.2) is 4.79 Å². The molecule has 0 amide bonds. The van der Waals surface area contributed by atoms with Crippen molar-refractivity contribution in [2.75, 3.05) is 5.73 Å². The van der Waals surface area contributed by atoms with E-state index in [1.165, 1.54) is 10.8 Å². The summed E-state index contributed by atoms with van der Waals surface area (Å²) >= 11 is 6.28. The molecule has 2 aromatic rings. The summed E-state index contributed by atoms with van der Waals surface area (Å²) < 4.78 is 3.06. The van der Waals surface area contributed by atoms with Crippen LogP contribution in [0.25, 0.3) is 0 Å². The van der Waals surface area contributed by atoms with Crippen molar-refractivity contribution in [3.63, 3.8) is 0 Å². The molecule has 0 saturated carbocycles. The zero-order valence-corrected chi connectivity index (χ0v) is 12.1. The Hall–Kier alpha value is -2.02. The van der Waals surface area contributed by atoms with Gasteiger partial charge < -0.3 is 5.73 Å². The fourth-order valence-corrected chi connectivity index (χ4v) is 2.30. The molecule has 108 valence electrons. The highest BCUT2D eigenvalue weighted by atomic mass is 35.5. The molecule has 0 spiro atoms. The van der Waals surface area contributed by atoms with Crippen LogP contribution < -0.4 is 17.0 Å². The second-order valence-corrected chi connectivity index (χ2v) is 4.73. The quantitative estimate of drug-likeness (QED) is 0.863. The first-order valence-corrected chi connectivity index (χ1v) is 6.69. The minimum Gasteiger partial charge on any atom is -0.393 e. The van der Waals surface area contributed by atoms with Crippen molar-refractivity contribution in [1.82, 2.24) is 19.3 Å². The SMILES string of the molecule is CCc1nn(CC)c(Cn2cc(N)c(=O)[nH]c2=O)c1Cl. The van der Waals surface area contributed by atoms with E-state index in [0.29, 0.717) is 18.0 Å². The average molecular weight is 298 g/mol. The van der Waals surface area contributed by atoms with Gasteiger partial charge in [0.1, 0.15) is 5.69 Å². The van der Waals surface area contributed by atoms with Gasteiger partial charge >= 0.3 is 5.69 Å². The average Bonchev–Trinajstić information content (AvgIpc) is 2.72. The molecule has 2 heterocycles. The molecule has 2 aromatic heterocycles. The molecule has 0 aliphatic heterocycles. The minimum atomic E-state index is -0.587. The van der Waals surface area contributed by atoms with Gasteiger partial charge in [0.25, 0.3) is 5.56 Å². The maximum absolute atomic E-state index is 11.8. The molecule has 0 atom stereocenters. The van der Waals surface area contributed by atoms with E-state index in [9.17, 15) is 9.59 Å². The zero-order valence-electron chi connectivity index (χ0n) is 11.3. The number of H-pyrrole nitrogens is 1. The number of aryl methyl sites for hydroxylation is 2. The van der Waals surface area contributed by atoms with Crippen molar-refractivity contribution in [1.29, 1.82) is 0 Å². The van der Waals surface area contributed by atoms with Gasteiger partial charge in [-0.3, -0.25) is 19.0 Å². The highest BCUT2D eigenvalue weighted by Crippen LogP contribution is 2.22. The van der Waals surface area contributed by atoms with Crippen LogP contribution in [0.1, 0.15) is 25.2 Å². The predicted molar refractivity (Wildman–Crippen MR) is 77.1 cm³/mol. The Balaban J connectivity index is 2.50. The molecule has 8 heteroatoms. The third-order valence-corrected chi connectivity index (χ3v) is 3.49. The van der Waals surface area contributed by atoms with E-state index in [1.54, 1.807) is 4.68 Å². The van der Waals surface area contributed by atoms with Crippen molar-refractivity contribution in [3.8, 4) is 0 Å². The van der Waals surface area contributed by atoms with Gasteiger partial charge in [-0.05, 0) is 13.3 Å². The Morgan fingerprint density at radius 2 is 2.10 bits per heavy atom. The van der Waals surface area contributed by atoms with Crippen LogP contribution in [-0.4, -0.2) is 19.3 Å². The van der Waals surface area contributed by atoms with Gasteiger partial charge in [0.2, 0.25) is 0 Å². The molecule has 3 N–H and O–H groups in total. The van der Waals surface area contributed by atoms with Gasteiger partial charge in [-0.15, -0.1) is 0 Å². The van der Waals surface area contributed by atoms with Crippen LogP contribution in [0.4, 0.5) is 5.69 Å². The number of nitrogens with two attached hydrogens (primary N) is 1. The van der Waals surface area contributed by atoms with E-state index >= 15 is 0 Å². The summed E-state index contributed by atoms with van der Waals surface area (Å²) in [5.74, 6) is 0.